The Hall–Kier alpha value is -3.52. The van der Waals surface area contributed by atoms with Crippen LogP contribution in [0.1, 0.15) is 17.3 Å². The Morgan fingerprint density at radius 2 is 1.54 bits per heavy atom. The molecular weight excluding hydrogens is 440 g/mol. The number of nitrogens with zero attached hydrogens (tertiary/aromatic N) is 3. The van der Waals surface area contributed by atoms with Crippen molar-refractivity contribution in [2.75, 3.05) is 13.2 Å². The molecule has 2 aliphatic rings. The summed E-state index contributed by atoms with van der Waals surface area (Å²) in [6, 6.07) is 29.0. The predicted molar refractivity (Wildman–Crippen MR) is 132 cm³/mol. The lowest BCUT2D eigenvalue weighted by Gasteiger charge is -2.18. The molecule has 0 saturated carbocycles. The minimum Gasteiger partial charge on any atom is -0.487 e. The number of nitrogens with one attached hydrogen (secondary N) is 1. The van der Waals surface area contributed by atoms with Crippen LogP contribution in [-0.4, -0.2) is 46.5 Å². The monoisotopic (exact) mass is 468 g/mol. The fraction of sp³-hybridized carbons (Fsp3) is 0.286. The molecule has 1 aromatic heterocycles. The van der Waals surface area contributed by atoms with Crippen molar-refractivity contribution in [3.63, 3.8) is 0 Å². The van der Waals surface area contributed by atoms with E-state index in [0.717, 1.165) is 18.0 Å². The second-order valence-corrected chi connectivity index (χ2v) is 9.01. The van der Waals surface area contributed by atoms with E-state index in [0.29, 0.717) is 19.8 Å². The number of hydrogen-bond acceptors (Lipinski definition) is 6. The number of ether oxygens (including phenoxy) is 3. The highest BCUT2D eigenvalue weighted by atomic mass is 16.6. The molecule has 0 spiro atoms. The van der Waals surface area contributed by atoms with Gasteiger partial charge in [-0.15, -0.1) is 5.10 Å². The van der Waals surface area contributed by atoms with Crippen molar-refractivity contribution in [3.8, 4) is 16.9 Å². The lowest BCUT2D eigenvalue weighted by atomic mass is 10.0. The smallest absolute Gasteiger partial charge is 0.134 e. The van der Waals surface area contributed by atoms with Crippen molar-refractivity contribution in [2.45, 2.75) is 37.4 Å². The molecule has 0 unspecified atom stereocenters. The van der Waals surface area contributed by atoms with Gasteiger partial charge in [-0.3, -0.25) is 0 Å². The molecule has 178 valence electrons. The molecule has 1 N–H and O–H groups in total. The Balaban J connectivity index is 1.03. The lowest BCUT2D eigenvalue weighted by Crippen LogP contribution is -2.40. The van der Waals surface area contributed by atoms with Crippen molar-refractivity contribution >= 4 is 0 Å². The van der Waals surface area contributed by atoms with E-state index >= 15 is 0 Å². The summed E-state index contributed by atoms with van der Waals surface area (Å²) in [5, 5.41) is 12.2. The van der Waals surface area contributed by atoms with Crippen LogP contribution < -0.4 is 10.1 Å². The second kappa shape index (κ2) is 10.00. The zero-order valence-electron chi connectivity index (χ0n) is 19.4. The Morgan fingerprint density at radius 3 is 2.34 bits per heavy atom. The highest BCUT2D eigenvalue weighted by Gasteiger charge is 2.48. The van der Waals surface area contributed by atoms with E-state index in [2.05, 4.69) is 64.2 Å². The van der Waals surface area contributed by atoms with Crippen LogP contribution in [-0.2, 0) is 22.6 Å². The second-order valence-electron chi connectivity index (χ2n) is 9.01. The number of hydrogen-bond donors (Lipinski definition) is 1. The van der Waals surface area contributed by atoms with Gasteiger partial charge < -0.3 is 19.5 Å². The Kier molecular flexibility index (Phi) is 6.28. The summed E-state index contributed by atoms with van der Waals surface area (Å²) in [5.41, 5.74) is 4.47. The Morgan fingerprint density at radius 1 is 0.829 bits per heavy atom. The molecular formula is C28H28N4O3. The summed E-state index contributed by atoms with van der Waals surface area (Å²) < 4.78 is 20.0. The molecule has 2 saturated heterocycles. The van der Waals surface area contributed by atoms with Crippen molar-refractivity contribution < 1.29 is 14.2 Å². The molecule has 2 aliphatic heterocycles. The molecule has 4 atom stereocenters. The standard InChI is InChI=1S/C28H28N4O3/c1-3-7-21(8-4-1)22-13-11-20(12-14-22)15-29-25-18-34-28-26(19-35-27(25)28)32-16-23(30-31-32)17-33-24-9-5-2-6-10-24/h1-14,16,25-29H,15,17-19H2/t25-,26-,27+,28+/m0/s1. The molecule has 3 heterocycles. The van der Waals surface area contributed by atoms with E-state index in [1.165, 1.54) is 16.7 Å². The molecule has 2 fully saturated rings. The van der Waals surface area contributed by atoms with E-state index in [1.54, 1.807) is 0 Å². The zero-order chi connectivity index (χ0) is 23.5. The van der Waals surface area contributed by atoms with Crippen molar-refractivity contribution in [1.82, 2.24) is 20.3 Å². The van der Waals surface area contributed by atoms with Crippen LogP contribution in [0, 0.1) is 0 Å². The average molecular weight is 469 g/mol. The molecule has 0 aliphatic carbocycles. The molecule has 7 nitrogen and oxygen atoms in total. The first-order chi connectivity index (χ1) is 17.3. The third kappa shape index (κ3) is 4.84. The fourth-order valence-corrected chi connectivity index (χ4v) is 4.79. The van der Waals surface area contributed by atoms with Crippen LogP contribution in [0.25, 0.3) is 11.1 Å². The molecule has 0 radical (unpaired) electrons. The van der Waals surface area contributed by atoms with Gasteiger partial charge in [-0.2, -0.15) is 0 Å². The van der Waals surface area contributed by atoms with Crippen LogP contribution in [0.4, 0.5) is 0 Å². The molecule has 7 heteroatoms. The largest absolute Gasteiger partial charge is 0.487 e. The van der Waals surface area contributed by atoms with Crippen molar-refractivity contribution in [3.05, 3.63) is 102 Å². The number of benzene rings is 3. The normalized spacial score (nSPS) is 23.3. The van der Waals surface area contributed by atoms with Gasteiger partial charge in [0.05, 0.1) is 25.5 Å². The third-order valence-corrected chi connectivity index (χ3v) is 6.68. The van der Waals surface area contributed by atoms with Gasteiger partial charge in [0.1, 0.15) is 36.3 Å². The molecule has 0 bridgehead atoms. The van der Waals surface area contributed by atoms with Crippen LogP contribution in [0.5, 0.6) is 5.75 Å². The van der Waals surface area contributed by atoms with Gasteiger partial charge >= 0.3 is 0 Å². The summed E-state index contributed by atoms with van der Waals surface area (Å²) >= 11 is 0. The van der Waals surface area contributed by atoms with E-state index < -0.39 is 0 Å². The maximum absolute atomic E-state index is 6.15. The van der Waals surface area contributed by atoms with E-state index in [9.17, 15) is 0 Å². The highest BCUT2D eigenvalue weighted by Crippen LogP contribution is 2.34. The Bertz CT molecular complexity index is 1230. The molecule has 6 rings (SSSR count). The van der Waals surface area contributed by atoms with E-state index in [4.69, 9.17) is 14.2 Å². The van der Waals surface area contributed by atoms with Crippen LogP contribution >= 0.6 is 0 Å². The van der Waals surface area contributed by atoms with Gasteiger partial charge in [0.25, 0.3) is 0 Å². The summed E-state index contributed by atoms with van der Waals surface area (Å²) in [4.78, 5) is 0. The molecule has 4 aromatic rings. The molecule has 3 aromatic carbocycles. The lowest BCUT2D eigenvalue weighted by molar-refractivity contribution is 0.0619. The summed E-state index contributed by atoms with van der Waals surface area (Å²) in [5.74, 6) is 0.814. The van der Waals surface area contributed by atoms with Gasteiger partial charge in [-0.1, -0.05) is 78.0 Å². The first-order valence-corrected chi connectivity index (χ1v) is 12.0. The summed E-state index contributed by atoms with van der Waals surface area (Å²) in [6.45, 7) is 2.32. The SMILES string of the molecule is c1ccc(OCc2cn([C@H]3CO[C@H]4[C@@H]3OC[C@@H]4NCc3ccc(-c4ccccc4)cc3)nn2)cc1. The summed E-state index contributed by atoms with van der Waals surface area (Å²) in [7, 11) is 0. The first kappa shape index (κ1) is 22.0. The average Bonchev–Trinajstić information content (AvgIpc) is 3.65. The third-order valence-electron chi connectivity index (χ3n) is 6.68. The van der Waals surface area contributed by atoms with Gasteiger partial charge in [0.15, 0.2) is 0 Å². The number of para-hydroxylation sites is 1. The fourth-order valence-electron chi connectivity index (χ4n) is 4.79. The van der Waals surface area contributed by atoms with Gasteiger partial charge in [-0.25, -0.2) is 4.68 Å². The van der Waals surface area contributed by atoms with Gasteiger partial charge in [0, 0.05) is 6.54 Å². The van der Waals surface area contributed by atoms with Gasteiger partial charge in [-0.05, 0) is 28.8 Å². The summed E-state index contributed by atoms with van der Waals surface area (Å²) in [6.07, 6.45) is 1.88. The quantitative estimate of drug-likeness (QED) is 0.421. The van der Waals surface area contributed by atoms with E-state index in [1.807, 2.05) is 47.3 Å². The highest BCUT2D eigenvalue weighted by molar-refractivity contribution is 5.63. The van der Waals surface area contributed by atoms with Crippen LogP contribution in [0.3, 0.4) is 0 Å². The number of fused-ring (bicyclic) bond motifs is 1. The minimum atomic E-state index is -0.0439. The predicted octanol–water partition coefficient (Wildman–Crippen LogP) is 4.02. The Labute approximate surface area is 204 Å². The maximum Gasteiger partial charge on any atom is 0.134 e. The first-order valence-electron chi connectivity index (χ1n) is 12.0. The zero-order valence-corrected chi connectivity index (χ0v) is 19.4. The molecule has 0 amide bonds. The van der Waals surface area contributed by atoms with Gasteiger partial charge in [0.2, 0.25) is 0 Å². The molecule has 35 heavy (non-hydrogen) atoms. The minimum absolute atomic E-state index is 0.00295. The van der Waals surface area contributed by atoms with Crippen molar-refractivity contribution in [1.29, 1.82) is 0 Å². The van der Waals surface area contributed by atoms with Crippen LogP contribution in [0.15, 0.2) is 91.1 Å². The number of aromatic nitrogens is 3. The number of rotatable bonds is 8. The topological polar surface area (TPSA) is 70.4 Å². The van der Waals surface area contributed by atoms with E-state index in [-0.39, 0.29) is 24.3 Å². The van der Waals surface area contributed by atoms with Crippen LogP contribution in [0.2, 0.25) is 0 Å². The van der Waals surface area contributed by atoms with Crippen molar-refractivity contribution in [2.24, 2.45) is 0 Å². The maximum atomic E-state index is 6.15.